The Morgan fingerprint density at radius 3 is 2.67 bits per heavy atom. The predicted octanol–water partition coefficient (Wildman–Crippen LogP) is 2.05. The van der Waals surface area contributed by atoms with E-state index in [9.17, 15) is 4.79 Å². The Hall–Kier alpha value is -1.75. The van der Waals surface area contributed by atoms with Crippen molar-refractivity contribution in [3.63, 3.8) is 0 Å². The summed E-state index contributed by atoms with van der Waals surface area (Å²) in [6.07, 6.45) is 0. The van der Waals surface area contributed by atoms with Crippen LogP contribution in [0, 0.1) is 5.92 Å². The highest BCUT2D eigenvalue weighted by molar-refractivity contribution is 5.97. The lowest BCUT2D eigenvalue weighted by Gasteiger charge is -2.24. The molecule has 1 atom stereocenters. The van der Waals surface area contributed by atoms with Crippen molar-refractivity contribution >= 4 is 17.3 Å². The standard InChI is InChI=1S/C13H20N2O3/c1-8(2)11(7-18-3)15-10-6-4-5-9(12(10)14)13(16)17/h4-6,8,11,15H,7,14H2,1-3H3,(H,16,17). The van der Waals surface area contributed by atoms with Gasteiger partial charge in [-0.05, 0) is 18.1 Å². The number of nitrogens with one attached hydrogen (secondary N) is 1. The van der Waals surface area contributed by atoms with E-state index in [2.05, 4.69) is 19.2 Å². The number of benzene rings is 1. The van der Waals surface area contributed by atoms with E-state index in [1.807, 2.05) is 0 Å². The summed E-state index contributed by atoms with van der Waals surface area (Å²) >= 11 is 0. The summed E-state index contributed by atoms with van der Waals surface area (Å²) in [5.41, 5.74) is 6.84. The first-order chi connectivity index (χ1) is 8.47. The minimum atomic E-state index is -1.02. The first-order valence-electron chi connectivity index (χ1n) is 5.84. The monoisotopic (exact) mass is 252 g/mol. The fourth-order valence-corrected chi connectivity index (χ4v) is 1.66. The number of carboxylic acid groups (broad SMARTS) is 1. The highest BCUT2D eigenvalue weighted by atomic mass is 16.5. The molecule has 18 heavy (non-hydrogen) atoms. The molecule has 0 heterocycles. The van der Waals surface area contributed by atoms with Crippen LogP contribution in [0.15, 0.2) is 18.2 Å². The number of ether oxygens (including phenoxy) is 1. The SMILES string of the molecule is COCC(Nc1cccc(C(=O)O)c1N)C(C)C. The van der Waals surface area contributed by atoms with Gasteiger partial charge in [-0.1, -0.05) is 19.9 Å². The Morgan fingerprint density at radius 2 is 2.17 bits per heavy atom. The van der Waals surface area contributed by atoms with Gasteiger partial charge in [0.05, 0.1) is 29.6 Å². The number of para-hydroxylation sites is 1. The third kappa shape index (κ3) is 3.37. The van der Waals surface area contributed by atoms with Gasteiger partial charge < -0.3 is 20.9 Å². The molecule has 0 fully saturated rings. The average molecular weight is 252 g/mol. The summed E-state index contributed by atoms with van der Waals surface area (Å²) in [6, 6.07) is 5.02. The first-order valence-corrected chi connectivity index (χ1v) is 5.84. The molecule has 0 saturated carbocycles. The number of carbonyl (C=O) groups is 1. The van der Waals surface area contributed by atoms with E-state index >= 15 is 0 Å². The lowest BCUT2D eigenvalue weighted by molar-refractivity contribution is 0.0698. The van der Waals surface area contributed by atoms with Gasteiger partial charge in [0, 0.05) is 7.11 Å². The van der Waals surface area contributed by atoms with Crippen LogP contribution in [0.1, 0.15) is 24.2 Å². The Balaban J connectivity index is 2.96. The molecule has 0 aromatic heterocycles. The minimum absolute atomic E-state index is 0.0846. The van der Waals surface area contributed by atoms with Crippen LogP contribution in [0.2, 0.25) is 0 Å². The molecule has 0 saturated heterocycles. The van der Waals surface area contributed by atoms with E-state index in [1.54, 1.807) is 19.2 Å². The molecule has 1 aromatic rings. The number of hydrogen-bond donors (Lipinski definition) is 3. The van der Waals surface area contributed by atoms with Crippen molar-refractivity contribution in [2.45, 2.75) is 19.9 Å². The quantitative estimate of drug-likeness (QED) is 0.675. The molecule has 5 heteroatoms. The van der Waals surface area contributed by atoms with Gasteiger partial charge in [-0.15, -0.1) is 0 Å². The van der Waals surface area contributed by atoms with Crippen molar-refractivity contribution in [1.82, 2.24) is 0 Å². The topological polar surface area (TPSA) is 84.6 Å². The Bertz CT molecular complexity index is 419. The van der Waals surface area contributed by atoms with E-state index in [0.717, 1.165) is 0 Å². The van der Waals surface area contributed by atoms with Crippen LogP contribution in [-0.2, 0) is 4.74 Å². The van der Waals surface area contributed by atoms with E-state index < -0.39 is 5.97 Å². The molecule has 0 bridgehead atoms. The Labute approximate surface area is 107 Å². The molecule has 4 N–H and O–H groups in total. The van der Waals surface area contributed by atoms with Crippen molar-refractivity contribution in [2.24, 2.45) is 5.92 Å². The molecular formula is C13H20N2O3. The van der Waals surface area contributed by atoms with Gasteiger partial charge in [0.2, 0.25) is 0 Å². The predicted molar refractivity (Wildman–Crippen MR) is 71.9 cm³/mol. The molecular weight excluding hydrogens is 232 g/mol. The minimum Gasteiger partial charge on any atom is -0.478 e. The van der Waals surface area contributed by atoms with Gasteiger partial charge in [-0.3, -0.25) is 0 Å². The molecule has 5 nitrogen and oxygen atoms in total. The van der Waals surface area contributed by atoms with E-state index in [0.29, 0.717) is 18.2 Å². The number of aromatic carboxylic acids is 1. The maximum absolute atomic E-state index is 11.0. The van der Waals surface area contributed by atoms with Gasteiger partial charge in [0.15, 0.2) is 0 Å². The van der Waals surface area contributed by atoms with E-state index in [-0.39, 0.29) is 17.3 Å². The molecule has 0 radical (unpaired) electrons. The summed E-state index contributed by atoms with van der Waals surface area (Å²) in [5.74, 6) is -0.679. The Kier molecular flexibility index (Phi) is 4.97. The number of nitrogen functional groups attached to an aromatic ring is 1. The number of anilines is 2. The van der Waals surface area contributed by atoms with Crippen LogP contribution in [-0.4, -0.2) is 30.8 Å². The van der Waals surface area contributed by atoms with Crippen molar-refractivity contribution in [2.75, 3.05) is 24.8 Å². The van der Waals surface area contributed by atoms with Gasteiger partial charge in [0.1, 0.15) is 0 Å². The highest BCUT2D eigenvalue weighted by Gasteiger charge is 2.16. The average Bonchev–Trinajstić information content (AvgIpc) is 2.30. The third-order valence-electron chi connectivity index (χ3n) is 2.83. The molecule has 1 aromatic carbocycles. The third-order valence-corrected chi connectivity index (χ3v) is 2.83. The zero-order valence-corrected chi connectivity index (χ0v) is 10.9. The largest absolute Gasteiger partial charge is 0.478 e. The molecule has 100 valence electrons. The summed E-state index contributed by atoms with van der Waals surface area (Å²) in [6.45, 7) is 4.66. The first kappa shape index (κ1) is 14.3. The van der Waals surface area contributed by atoms with Gasteiger partial charge in [-0.25, -0.2) is 4.79 Å². The fraction of sp³-hybridized carbons (Fsp3) is 0.462. The van der Waals surface area contributed by atoms with Crippen molar-refractivity contribution in [3.05, 3.63) is 23.8 Å². The van der Waals surface area contributed by atoms with Crippen molar-refractivity contribution < 1.29 is 14.6 Å². The molecule has 1 unspecified atom stereocenters. The smallest absolute Gasteiger partial charge is 0.337 e. The van der Waals surface area contributed by atoms with Crippen LogP contribution in [0.5, 0.6) is 0 Å². The summed E-state index contributed by atoms with van der Waals surface area (Å²) in [4.78, 5) is 11.0. The molecule has 0 aliphatic rings. The zero-order valence-electron chi connectivity index (χ0n) is 10.9. The maximum atomic E-state index is 11.0. The summed E-state index contributed by atoms with van der Waals surface area (Å²) < 4.78 is 5.14. The van der Waals surface area contributed by atoms with Crippen LogP contribution in [0.3, 0.4) is 0 Å². The highest BCUT2D eigenvalue weighted by Crippen LogP contribution is 2.24. The van der Waals surface area contributed by atoms with E-state index in [1.165, 1.54) is 6.07 Å². The Morgan fingerprint density at radius 1 is 1.50 bits per heavy atom. The van der Waals surface area contributed by atoms with Crippen LogP contribution < -0.4 is 11.1 Å². The van der Waals surface area contributed by atoms with Crippen LogP contribution >= 0.6 is 0 Å². The molecule has 0 spiro atoms. The normalized spacial score (nSPS) is 12.4. The number of nitrogens with two attached hydrogens (primary N) is 1. The summed E-state index contributed by atoms with van der Waals surface area (Å²) in [7, 11) is 1.63. The second-order valence-electron chi connectivity index (χ2n) is 4.52. The van der Waals surface area contributed by atoms with Gasteiger partial charge in [0.25, 0.3) is 0 Å². The van der Waals surface area contributed by atoms with Crippen LogP contribution in [0.25, 0.3) is 0 Å². The maximum Gasteiger partial charge on any atom is 0.337 e. The number of carboxylic acids is 1. The lowest BCUT2D eigenvalue weighted by Crippen LogP contribution is -2.30. The van der Waals surface area contributed by atoms with Gasteiger partial charge in [-0.2, -0.15) is 0 Å². The molecule has 0 aliphatic heterocycles. The second-order valence-corrected chi connectivity index (χ2v) is 4.52. The van der Waals surface area contributed by atoms with Gasteiger partial charge >= 0.3 is 5.97 Å². The van der Waals surface area contributed by atoms with Crippen molar-refractivity contribution in [1.29, 1.82) is 0 Å². The second kappa shape index (κ2) is 6.26. The zero-order chi connectivity index (χ0) is 13.7. The molecule has 0 amide bonds. The van der Waals surface area contributed by atoms with Crippen molar-refractivity contribution in [3.8, 4) is 0 Å². The molecule has 1 rings (SSSR count). The molecule has 0 aliphatic carbocycles. The fourth-order valence-electron chi connectivity index (χ4n) is 1.66. The van der Waals surface area contributed by atoms with Crippen LogP contribution in [0.4, 0.5) is 11.4 Å². The lowest BCUT2D eigenvalue weighted by atomic mass is 10.0. The number of hydrogen-bond acceptors (Lipinski definition) is 4. The number of methoxy groups -OCH3 is 1. The summed E-state index contributed by atoms with van der Waals surface area (Å²) in [5, 5.41) is 12.2. The van der Waals surface area contributed by atoms with E-state index in [4.69, 9.17) is 15.6 Å². The number of rotatable bonds is 6.